The molecule has 0 radical (unpaired) electrons. The molecule has 7 heteroatoms. The second-order valence-electron chi connectivity index (χ2n) is 5.22. The van der Waals surface area contributed by atoms with Crippen molar-refractivity contribution in [1.82, 2.24) is 4.98 Å². The van der Waals surface area contributed by atoms with E-state index in [1.165, 1.54) is 12.3 Å². The van der Waals surface area contributed by atoms with E-state index in [4.69, 9.17) is 9.84 Å². The molecule has 0 spiro atoms. The molecular formula is C15H18N2O5. The van der Waals surface area contributed by atoms with Crippen LogP contribution in [0.15, 0.2) is 29.6 Å². The van der Waals surface area contributed by atoms with Crippen LogP contribution in [0.5, 0.6) is 0 Å². The first-order valence-corrected chi connectivity index (χ1v) is 7.18. The molecule has 0 aliphatic heterocycles. The van der Waals surface area contributed by atoms with E-state index >= 15 is 0 Å². The number of oxime groups is 1. The fourth-order valence-electron chi connectivity index (χ4n) is 2.38. The van der Waals surface area contributed by atoms with Gasteiger partial charge in [-0.3, -0.25) is 9.82 Å². The van der Waals surface area contributed by atoms with Gasteiger partial charge in [0.05, 0.1) is 5.69 Å². The highest BCUT2D eigenvalue weighted by Gasteiger charge is 2.26. The van der Waals surface area contributed by atoms with Crippen molar-refractivity contribution in [2.24, 2.45) is 11.1 Å². The van der Waals surface area contributed by atoms with Gasteiger partial charge in [-0.1, -0.05) is 24.6 Å². The summed E-state index contributed by atoms with van der Waals surface area (Å²) >= 11 is 0. The van der Waals surface area contributed by atoms with E-state index in [0.717, 1.165) is 25.7 Å². The number of nitrogens with zero attached hydrogens (tertiary/aromatic N) is 2. The number of rotatable bonds is 4. The second-order valence-corrected chi connectivity index (χ2v) is 5.22. The van der Waals surface area contributed by atoms with Crippen LogP contribution in [0.3, 0.4) is 0 Å². The molecule has 1 aromatic rings. The zero-order valence-electron chi connectivity index (χ0n) is 12.3. The largest absolute Gasteiger partial charge is 0.535 e. The number of aromatic nitrogens is 1. The van der Waals surface area contributed by atoms with Gasteiger partial charge in [-0.05, 0) is 37.3 Å². The molecule has 2 rings (SSSR count). The summed E-state index contributed by atoms with van der Waals surface area (Å²) in [6.45, 7) is 2.01. The topological polar surface area (TPSA) is 98.1 Å². The summed E-state index contributed by atoms with van der Waals surface area (Å²) in [7, 11) is 0. The summed E-state index contributed by atoms with van der Waals surface area (Å²) < 4.78 is 5.19. The van der Waals surface area contributed by atoms with E-state index < -0.39 is 17.8 Å². The summed E-state index contributed by atoms with van der Waals surface area (Å²) in [5.74, 6) is -1.07. The Morgan fingerprint density at radius 3 is 2.73 bits per heavy atom. The molecule has 1 saturated carbocycles. The van der Waals surface area contributed by atoms with Crippen molar-refractivity contribution in [3.63, 3.8) is 0 Å². The molecule has 118 valence electrons. The number of hydrogen-bond acceptors (Lipinski definition) is 6. The summed E-state index contributed by atoms with van der Waals surface area (Å²) in [6.07, 6.45) is 4.13. The molecule has 2 atom stereocenters. The molecule has 1 aliphatic carbocycles. The van der Waals surface area contributed by atoms with Gasteiger partial charge in [-0.25, -0.2) is 9.59 Å². The quantitative estimate of drug-likeness (QED) is 0.397. The average Bonchev–Trinajstić information content (AvgIpc) is 2.50. The van der Waals surface area contributed by atoms with Crippen LogP contribution in [0.4, 0.5) is 4.79 Å². The Kier molecular flexibility index (Phi) is 5.46. The molecule has 1 aliphatic rings. The van der Waals surface area contributed by atoms with E-state index in [-0.39, 0.29) is 17.7 Å². The van der Waals surface area contributed by atoms with Gasteiger partial charge < -0.3 is 9.84 Å². The lowest BCUT2D eigenvalue weighted by atomic mass is 9.88. The molecule has 0 aromatic carbocycles. The van der Waals surface area contributed by atoms with E-state index in [1.54, 1.807) is 12.1 Å². The van der Waals surface area contributed by atoms with Gasteiger partial charge in [-0.2, -0.15) is 0 Å². The lowest BCUT2D eigenvalue weighted by Crippen LogP contribution is -2.28. The maximum absolute atomic E-state index is 11.7. The van der Waals surface area contributed by atoms with Gasteiger partial charge in [0.1, 0.15) is 6.10 Å². The van der Waals surface area contributed by atoms with Crippen LogP contribution in [0.25, 0.3) is 0 Å². The van der Waals surface area contributed by atoms with Gasteiger partial charge in [0.2, 0.25) is 5.71 Å². The highest BCUT2D eigenvalue weighted by Crippen LogP contribution is 2.26. The highest BCUT2D eigenvalue weighted by molar-refractivity contribution is 6.41. The zero-order valence-corrected chi connectivity index (χ0v) is 12.3. The number of carboxylic acids is 1. The van der Waals surface area contributed by atoms with Crippen LogP contribution in [-0.4, -0.2) is 34.0 Å². The van der Waals surface area contributed by atoms with E-state index in [2.05, 4.69) is 15.0 Å². The van der Waals surface area contributed by atoms with Crippen molar-refractivity contribution < 1.29 is 24.3 Å². The Balaban J connectivity index is 1.98. The molecule has 1 aromatic heterocycles. The SMILES string of the molecule is C[C@H]1CCCC[C@@H]1OC(=O)O/N=C(\C(=O)O)c1ccccn1. The zero-order chi connectivity index (χ0) is 15.9. The van der Waals surface area contributed by atoms with E-state index in [0.29, 0.717) is 0 Å². The predicted octanol–water partition coefficient (Wildman–Crippen LogP) is 2.60. The molecule has 0 unspecified atom stereocenters. The Bertz CT molecular complexity index is 558. The Morgan fingerprint density at radius 2 is 2.09 bits per heavy atom. The number of ether oxygens (including phenoxy) is 1. The molecule has 0 bridgehead atoms. The fraction of sp³-hybridized carbons (Fsp3) is 0.467. The van der Waals surface area contributed by atoms with Crippen molar-refractivity contribution >= 4 is 17.8 Å². The molecule has 0 saturated heterocycles. The van der Waals surface area contributed by atoms with Crippen molar-refractivity contribution in [2.75, 3.05) is 0 Å². The van der Waals surface area contributed by atoms with Crippen LogP contribution in [0.1, 0.15) is 38.3 Å². The summed E-state index contributed by atoms with van der Waals surface area (Å²) in [6, 6.07) is 4.72. The normalized spacial score (nSPS) is 22.0. The minimum absolute atomic E-state index is 0.105. The first-order chi connectivity index (χ1) is 10.6. The molecule has 22 heavy (non-hydrogen) atoms. The lowest BCUT2D eigenvalue weighted by molar-refractivity contribution is -0.129. The maximum atomic E-state index is 11.7. The van der Waals surface area contributed by atoms with E-state index in [9.17, 15) is 9.59 Å². The molecule has 1 heterocycles. The van der Waals surface area contributed by atoms with Crippen molar-refractivity contribution in [3.8, 4) is 0 Å². The molecule has 7 nitrogen and oxygen atoms in total. The molecular weight excluding hydrogens is 288 g/mol. The summed E-state index contributed by atoms with van der Waals surface area (Å²) in [5.41, 5.74) is -0.344. The Labute approximate surface area is 127 Å². The average molecular weight is 306 g/mol. The van der Waals surface area contributed by atoms with Gasteiger partial charge in [-0.15, -0.1) is 0 Å². The van der Waals surface area contributed by atoms with Crippen molar-refractivity contribution in [1.29, 1.82) is 0 Å². The summed E-state index contributed by atoms with van der Waals surface area (Å²) in [5, 5.41) is 12.5. The smallest absolute Gasteiger partial charge is 0.476 e. The van der Waals surface area contributed by atoms with E-state index in [1.807, 2.05) is 6.92 Å². The van der Waals surface area contributed by atoms with Crippen LogP contribution < -0.4 is 0 Å². The lowest BCUT2D eigenvalue weighted by Gasteiger charge is -2.27. The van der Waals surface area contributed by atoms with Crippen LogP contribution >= 0.6 is 0 Å². The number of aliphatic carboxylic acids is 1. The molecule has 1 fully saturated rings. The number of carbonyl (C=O) groups excluding carboxylic acids is 1. The highest BCUT2D eigenvalue weighted by atomic mass is 16.8. The fourth-order valence-corrected chi connectivity index (χ4v) is 2.38. The third-order valence-corrected chi connectivity index (χ3v) is 3.60. The minimum Gasteiger partial charge on any atom is -0.476 e. The van der Waals surface area contributed by atoms with Crippen LogP contribution in [0, 0.1) is 5.92 Å². The maximum Gasteiger partial charge on any atom is 0.535 e. The third kappa shape index (κ3) is 4.28. The van der Waals surface area contributed by atoms with Gasteiger partial charge in [0, 0.05) is 6.20 Å². The predicted molar refractivity (Wildman–Crippen MR) is 77.4 cm³/mol. The number of carbonyl (C=O) groups is 2. The van der Waals surface area contributed by atoms with Crippen molar-refractivity contribution in [2.45, 2.75) is 38.7 Å². The minimum atomic E-state index is -1.34. The Hall–Kier alpha value is -2.44. The van der Waals surface area contributed by atoms with Gasteiger partial charge in [0.15, 0.2) is 0 Å². The van der Waals surface area contributed by atoms with Crippen molar-refractivity contribution in [3.05, 3.63) is 30.1 Å². The van der Waals surface area contributed by atoms with Gasteiger partial charge >= 0.3 is 12.1 Å². The first kappa shape index (κ1) is 15.9. The standard InChI is InChI=1S/C15H18N2O5/c1-10-6-2-3-8-12(10)21-15(20)22-17-13(14(18)19)11-7-4-5-9-16-11/h4-5,7,9-10,12H,2-3,6,8H2,1H3,(H,18,19)/b17-13-/t10-,12-/m0/s1. The number of hydrogen-bond donors (Lipinski definition) is 1. The number of pyridine rings is 1. The summed E-state index contributed by atoms with van der Waals surface area (Å²) in [4.78, 5) is 31.2. The molecule has 1 N–H and O–H groups in total. The van der Waals surface area contributed by atoms with Crippen LogP contribution in [-0.2, 0) is 14.4 Å². The molecule has 0 amide bonds. The third-order valence-electron chi connectivity index (χ3n) is 3.60. The Morgan fingerprint density at radius 1 is 1.32 bits per heavy atom. The first-order valence-electron chi connectivity index (χ1n) is 7.18. The van der Waals surface area contributed by atoms with Gasteiger partial charge in [0.25, 0.3) is 0 Å². The number of carboxylic acid groups (broad SMARTS) is 1. The monoisotopic (exact) mass is 306 g/mol. The second kappa shape index (κ2) is 7.53. The van der Waals surface area contributed by atoms with Crippen LogP contribution in [0.2, 0.25) is 0 Å².